The zero-order valence-electron chi connectivity index (χ0n) is 17.2. The molecule has 5 rings (SSSR count). The first-order valence-corrected chi connectivity index (χ1v) is 9.85. The van der Waals surface area contributed by atoms with Crippen LogP contribution in [0, 0.1) is 11.8 Å². The summed E-state index contributed by atoms with van der Waals surface area (Å²) >= 11 is 0. The molecular weight excluding hydrogens is 392 g/mol. The summed E-state index contributed by atoms with van der Waals surface area (Å²) in [4.78, 5) is 0. The average Bonchev–Trinajstić information content (AvgIpc) is 3.42. The number of aliphatic hydroxyl groups excluding tert-OH is 2. The lowest BCUT2D eigenvalue weighted by Gasteiger charge is -2.35. The minimum absolute atomic E-state index is 0.0599. The largest absolute Gasteiger partial charge is 0.492 e. The van der Waals surface area contributed by atoms with Gasteiger partial charge in [0.15, 0.2) is 23.0 Å². The molecule has 0 radical (unpaired) electrons. The number of fused-ring (bicyclic) bond motifs is 5. The molecule has 4 atom stereocenters. The van der Waals surface area contributed by atoms with E-state index in [1.165, 1.54) is 14.2 Å². The SMILES string of the molecule is COc1c2c(cc3c1-c1c(cc4c(c1OC)OCO4)C(O)C(C)C(C)C3O)OCO2. The maximum Gasteiger partial charge on any atom is 0.231 e. The fourth-order valence-corrected chi connectivity index (χ4v) is 4.58. The fourth-order valence-electron chi connectivity index (χ4n) is 4.58. The molecule has 30 heavy (non-hydrogen) atoms. The third-order valence-electron chi connectivity index (χ3n) is 6.42. The zero-order valence-corrected chi connectivity index (χ0v) is 17.2. The molecule has 0 saturated heterocycles. The maximum atomic E-state index is 11.3. The van der Waals surface area contributed by atoms with E-state index in [0.717, 1.165) is 0 Å². The monoisotopic (exact) mass is 416 g/mol. The van der Waals surface area contributed by atoms with Gasteiger partial charge in [0.2, 0.25) is 25.1 Å². The van der Waals surface area contributed by atoms with Crippen LogP contribution >= 0.6 is 0 Å². The standard InChI is InChI=1S/C22H24O8/c1-9-10(2)18(24)12-6-14-20(30-8-28-14)22(26-4)16(12)15-11(17(9)23)5-13-19(21(15)25-3)29-7-27-13/h5-6,9-10,17-18,23-24H,7-8H2,1-4H3. The second-order valence-electron chi connectivity index (χ2n) is 7.82. The first kappa shape index (κ1) is 19.1. The van der Waals surface area contributed by atoms with Crippen LogP contribution in [0.25, 0.3) is 11.1 Å². The molecule has 4 unspecified atom stereocenters. The molecule has 0 spiro atoms. The Hall–Kier alpha value is -2.84. The van der Waals surface area contributed by atoms with Gasteiger partial charge in [0, 0.05) is 11.1 Å². The van der Waals surface area contributed by atoms with Gasteiger partial charge < -0.3 is 38.6 Å². The Morgan fingerprint density at radius 3 is 1.50 bits per heavy atom. The van der Waals surface area contributed by atoms with E-state index in [-0.39, 0.29) is 25.4 Å². The van der Waals surface area contributed by atoms with Crippen molar-refractivity contribution >= 4 is 0 Å². The number of benzene rings is 2. The highest BCUT2D eigenvalue weighted by Gasteiger charge is 2.41. The average molecular weight is 416 g/mol. The molecule has 2 aromatic carbocycles. The number of rotatable bonds is 2. The molecule has 0 bridgehead atoms. The first-order valence-electron chi connectivity index (χ1n) is 9.85. The summed E-state index contributed by atoms with van der Waals surface area (Å²) in [5, 5.41) is 22.6. The number of ether oxygens (including phenoxy) is 6. The first-order chi connectivity index (χ1) is 14.5. The van der Waals surface area contributed by atoms with Crippen LogP contribution in [0.3, 0.4) is 0 Å². The van der Waals surface area contributed by atoms with Gasteiger partial charge in [0.05, 0.1) is 26.4 Å². The van der Waals surface area contributed by atoms with Crippen LogP contribution in [0.5, 0.6) is 34.5 Å². The van der Waals surface area contributed by atoms with E-state index in [9.17, 15) is 10.2 Å². The Bertz CT molecular complexity index is 936. The number of hydrogen-bond acceptors (Lipinski definition) is 8. The van der Waals surface area contributed by atoms with Gasteiger partial charge in [-0.2, -0.15) is 0 Å². The molecule has 2 aliphatic heterocycles. The molecule has 2 aromatic rings. The minimum Gasteiger partial charge on any atom is -0.492 e. The molecule has 0 amide bonds. The van der Waals surface area contributed by atoms with E-state index in [0.29, 0.717) is 56.8 Å². The van der Waals surface area contributed by atoms with Crippen LogP contribution in [0.4, 0.5) is 0 Å². The van der Waals surface area contributed by atoms with Crippen LogP contribution in [0.1, 0.15) is 37.2 Å². The smallest absolute Gasteiger partial charge is 0.231 e. The Balaban J connectivity index is 1.94. The number of aliphatic hydroxyl groups is 2. The molecule has 1 aliphatic carbocycles. The Labute approximate surface area is 173 Å². The lowest BCUT2D eigenvalue weighted by atomic mass is 9.74. The molecule has 0 aromatic heterocycles. The lowest BCUT2D eigenvalue weighted by Crippen LogP contribution is -2.26. The van der Waals surface area contributed by atoms with E-state index in [4.69, 9.17) is 28.4 Å². The van der Waals surface area contributed by atoms with Crippen molar-refractivity contribution < 1.29 is 38.6 Å². The van der Waals surface area contributed by atoms with Crippen LogP contribution in [0.2, 0.25) is 0 Å². The third-order valence-corrected chi connectivity index (χ3v) is 6.42. The summed E-state index contributed by atoms with van der Waals surface area (Å²) < 4.78 is 34.0. The van der Waals surface area contributed by atoms with Gasteiger partial charge in [-0.25, -0.2) is 0 Å². The highest BCUT2D eigenvalue weighted by atomic mass is 16.7. The highest BCUT2D eigenvalue weighted by Crippen LogP contribution is 2.60. The lowest BCUT2D eigenvalue weighted by molar-refractivity contribution is 0.0198. The van der Waals surface area contributed by atoms with Crippen molar-refractivity contribution in [3.63, 3.8) is 0 Å². The van der Waals surface area contributed by atoms with E-state index >= 15 is 0 Å². The number of methoxy groups -OCH3 is 2. The van der Waals surface area contributed by atoms with E-state index in [1.807, 2.05) is 13.8 Å². The molecule has 3 aliphatic rings. The quantitative estimate of drug-likeness (QED) is 0.771. The van der Waals surface area contributed by atoms with Gasteiger partial charge >= 0.3 is 0 Å². The molecule has 8 heteroatoms. The van der Waals surface area contributed by atoms with Crippen molar-refractivity contribution in [1.29, 1.82) is 0 Å². The van der Waals surface area contributed by atoms with Crippen LogP contribution in [-0.2, 0) is 0 Å². The summed E-state index contributed by atoms with van der Waals surface area (Å²) in [5.41, 5.74) is 2.39. The van der Waals surface area contributed by atoms with Crippen LogP contribution in [-0.4, -0.2) is 38.0 Å². The second-order valence-corrected chi connectivity index (χ2v) is 7.82. The van der Waals surface area contributed by atoms with E-state index in [1.54, 1.807) is 12.1 Å². The van der Waals surface area contributed by atoms with Gasteiger partial charge in [-0.15, -0.1) is 0 Å². The molecule has 0 saturated carbocycles. The number of hydrogen-bond donors (Lipinski definition) is 2. The Kier molecular flexibility index (Phi) is 4.37. The van der Waals surface area contributed by atoms with Gasteiger partial charge in [0.25, 0.3) is 0 Å². The summed E-state index contributed by atoms with van der Waals surface area (Å²) in [6.07, 6.45) is -1.76. The van der Waals surface area contributed by atoms with Crippen LogP contribution in [0.15, 0.2) is 12.1 Å². The predicted molar refractivity (Wildman–Crippen MR) is 105 cm³/mol. The van der Waals surface area contributed by atoms with Gasteiger partial charge in [-0.05, 0) is 35.1 Å². The molecule has 8 nitrogen and oxygen atoms in total. The third kappa shape index (κ3) is 2.47. The van der Waals surface area contributed by atoms with Gasteiger partial charge in [-0.3, -0.25) is 0 Å². The van der Waals surface area contributed by atoms with Crippen molar-refractivity contribution in [1.82, 2.24) is 0 Å². The molecular formula is C22H24O8. The predicted octanol–water partition coefficient (Wildman–Crippen LogP) is 3.18. The van der Waals surface area contributed by atoms with Crippen molar-refractivity contribution in [3.05, 3.63) is 23.3 Å². The zero-order chi connectivity index (χ0) is 21.2. The molecule has 2 heterocycles. The normalized spacial score (nSPS) is 25.8. The summed E-state index contributed by atoms with van der Waals surface area (Å²) in [6.45, 7) is 3.94. The topological polar surface area (TPSA) is 95.8 Å². The van der Waals surface area contributed by atoms with Crippen molar-refractivity contribution in [2.45, 2.75) is 26.1 Å². The summed E-state index contributed by atoms with van der Waals surface area (Å²) in [5.74, 6) is 2.22. The summed E-state index contributed by atoms with van der Waals surface area (Å²) in [7, 11) is 3.06. The van der Waals surface area contributed by atoms with E-state index in [2.05, 4.69) is 0 Å². The minimum atomic E-state index is -0.878. The molecule has 160 valence electrons. The second kappa shape index (κ2) is 6.85. The highest BCUT2D eigenvalue weighted by molar-refractivity contribution is 5.89. The molecule has 0 fully saturated rings. The van der Waals surface area contributed by atoms with Crippen molar-refractivity contribution in [2.24, 2.45) is 11.8 Å². The van der Waals surface area contributed by atoms with Gasteiger partial charge in [-0.1, -0.05) is 13.8 Å². The van der Waals surface area contributed by atoms with Crippen LogP contribution < -0.4 is 28.4 Å². The van der Waals surface area contributed by atoms with Gasteiger partial charge in [0.1, 0.15) is 0 Å². The van der Waals surface area contributed by atoms with E-state index < -0.39 is 12.2 Å². The van der Waals surface area contributed by atoms with Crippen molar-refractivity contribution in [3.8, 4) is 45.6 Å². The molecule has 2 N–H and O–H groups in total. The fraction of sp³-hybridized carbons (Fsp3) is 0.455. The Morgan fingerprint density at radius 1 is 0.733 bits per heavy atom. The maximum absolute atomic E-state index is 11.3. The van der Waals surface area contributed by atoms with Crippen molar-refractivity contribution in [2.75, 3.05) is 27.8 Å². The summed E-state index contributed by atoms with van der Waals surface area (Å²) in [6, 6.07) is 3.55. The Morgan fingerprint density at radius 2 is 1.13 bits per heavy atom.